The second-order valence-corrected chi connectivity index (χ2v) is 4.48. The highest BCUT2D eigenvalue weighted by molar-refractivity contribution is 6.05. The van der Waals surface area contributed by atoms with Gasteiger partial charge in [0, 0.05) is 23.0 Å². The smallest absolute Gasteiger partial charge is 0.255 e. The van der Waals surface area contributed by atoms with Gasteiger partial charge in [0.25, 0.3) is 5.91 Å². The van der Waals surface area contributed by atoms with Crippen molar-refractivity contribution in [3.05, 3.63) is 53.3 Å². The number of hydrogen-bond donors (Lipinski definition) is 3. The number of nitrogens with two attached hydrogens (primary N) is 1. The zero-order valence-electron chi connectivity index (χ0n) is 11.7. The first kappa shape index (κ1) is 14.8. The third kappa shape index (κ3) is 3.29. The van der Waals surface area contributed by atoms with Crippen LogP contribution in [0.1, 0.15) is 15.9 Å². The number of rotatable bonds is 4. The Morgan fingerprint density at radius 1 is 1.19 bits per heavy atom. The monoisotopic (exact) mass is 289 g/mol. The molecule has 0 spiro atoms. The SMILES string of the molecule is COc1cc(NC(=O)c2ccc(NN)cc2C)ccc1F. The Bertz CT molecular complexity index is 674. The third-order valence-electron chi connectivity index (χ3n) is 3.05. The lowest BCUT2D eigenvalue weighted by Crippen LogP contribution is -2.14. The number of ether oxygens (including phenoxy) is 1. The number of nitrogen functional groups attached to an aromatic ring is 1. The van der Waals surface area contributed by atoms with Crippen molar-refractivity contribution in [1.82, 2.24) is 0 Å². The van der Waals surface area contributed by atoms with Crippen LogP contribution in [-0.2, 0) is 0 Å². The fraction of sp³-hybridized carbons (Fsp3) is 0.133. The van der Waals surface area contributed by atoms with Crippen LogP contribution in [0.2, 0.25) is 0 Å². The standard InChI is InChI=1S/C15H16FN3O2/c1-9-7-11(19-17)3-5-12(9)15(20)18-10-4-6-13(16)14(8-10)21-2/h3-8,19H,17H2,1-2H3,(H,18,20). The van der Waals surface area contributed by atoms with Crippen molar-refractivity contribution in [3.8, 4) is 5.75 Å². The van der Waals surface area contributed by atoms with Crippen LogP contribution in [0, 0.1) is 12.7 Å². The van der Waals surface area contributed by atoms with Crippen LogP contribution >= 0.6 is 0 Å². The van der Waals surface area contributed by atoms with Gasteiger partial charge in [0.15, 0.2) is 11.6 Å². The van der Waals surface area contributed by atoms with Crippen molar-refractivity contribution in [1.29, 1.82) is 0 Å². The maximum absolute atomic E-state index is 13.3. The zero-order chi connectivity index (χ0) is 15.4. The normalized spacial score (nSPS) is 10.1. The van der Waals surface area contributed by atoms with E-state index in [1.807, 2.05) is 0 Å². The molecule has 0 aliphatic rings. The molecule has 0 aliphatic heterocycles. The minimum Gasteiger partial charge on any atom is -0.494 e. The number of benzene rings is 2. The lowest BCUT2D eigenvalue weighted by atomic mass is 10.1. The topological polar surface area (TPSA) is 76.4 Å². The van der Waals surface area contributed by atoms with Crippen LogP contribution in [0.5, 0.6) is 5.75 Å². The number of carbonyl (C=O) groups excluding carboxylic acids is 1. The highest BCUT2D eigenvalue weighted by Gasteiger charge is 2.11. The molecule has 2 aromatic carbocycles. The highest BCUT2D eigenvalue weighted by atomic mass is 19.1. The lowest BCUT2D eigenvalue weighted by molar-refractivity contribution is 0.102. The van der Waals surface area contributed by atoms with Gasteiger partial charge in [-0.2, -0.15) is 0 Å². The molecule has 0 fully saturated rings. The quantitative estimate of drug-likeness (QED) is 0.597. The number of halogens is 1. The van der Waals surface area contributed by atoms with Crippen molar-refractivity contribution in [2.75, 3.05) is 17.9 Å². The van der Waals surface area contributed by atoms with Gasteiger partial charge in [0.2, 0.25) is 0 Å². The maximum Gasteiger partial charge on any atom is 0.255 e. The lowest BCUT2D eigenvalue weighted by Gasteiger charge is -2.10. The van der Waals surface area contributed by atoms with Crippen LogP contribution in [0.4, 0.5) is 15.8 Å². The fourth-order valence-corrected chi connectivity index (χ4v) is 1.94. The Hall–Kier alpha value is -2.60. The van der Waals surface area contributed by atoms with E-state index >= 15 is 0 Å². The summed E-state index contributed by atoms with van der Waals surface area (Å²) in [5.74, 6) is 4.62. The Balaban J connectivity index is 2.22. The Morgan fingerprint density at radius 2 is 1.90 bits per heavy atom. The predicted octanol–water partition coefficient (Wildman–Crippen LogP) is 2.68. The summed E-state index contributed by atoms with van der Waals surface area (Å²) in [7, 11) is 1.37. The van der Waals surface area contributed by atoms with E-state index in [-0.39, 0.29) is 11.7 Å². The number of methoxy groups -OCH3 is 1. The molecule has 5 nitrogen and oxygen atoms in total. The number of carbonyl (C=O) groups is 1. The van der Waals surface area contributed by atoms with Crippen LogP contribution in [-0.4, -0.2) is 13.0 Å². The minimum absolute atomic E-state index is 0.0761. The van der Waals surface area contributed by atoms with Gasteiger partial charge in [-0.25, -0.2) is 4.39 Å². The van der Waals surface area contributed by atoms with Gasteiger partial charge in [0.1, 0.15) is 0 Å². The van der Waals surface area contributed by atoms with Crippen molar-refractivity contribution in [2.24, 2.45) is 5.84 Å². The summed E-state index contributed by atoms with van der Waals surface area (Å²) >= 11 is 0. The molecule has 0 saturated heterocycles. The number of hydrogen-bond acceptors (Lipinski definition) is 4. The van der Waals surface area contributed by atoms with E-state index in [2.05, 4.69) is 10.7 Å². The first-order valence-corrected chi connectivity index (χ1v) is 6.27. The Kier molecular flexibility index (Phi) is 4.39. The summed E-state index contributed by atoms with van der Waals surface area (Å²) < 4.78 is 18.2. The molecule has 0 aliphatic carbocycles. The second-order valence-electron chi connectivity index (χ2n) is 4.48. The van der Waals surface area contributed by atoms with Gasteiger partial charge in [-0.1, -0.05) is 0 Å². The average Bonchev–Trinajstić information content (AvgIpc) is 2.48. The molecule has 0 bridgehead atoms. The summed E-state index contributed by atoms with van der Waals surface area (Å²) in [5, 5.41) is 2.70. The summed E-state index contributed by atoms with van der Waals surface area (Å²) in [4.78, 5) is 12.2. The summed E-state index contributed by atoms with van der Waals surface area (Å²) in [5.41, 5.74) is 4.97. The molecule has 0 heterocycles. The molecule has 4 N–H and O–H groups in total. The molecule has 0 saturated carbocycles. The van der Waals surface area contributed by atoms with Crippen LogP contribution in [0.3, 0.4) is 0 Å². The van der Waals surface area contributed by atoms with Gasteiger partial charge < -0.3 is 15.5 Å². The third-order valence-corrected chi connectivity index (χ3v) is 3.05. The van der Waals surface area contributed by atoms with Crippen molar-refractivity contribution in [3.63, 3.8) is 0 Å². The number of nitrogens with one attached hydrogen (secondary N) is 2. The fourth-order valence-electron chi connectivity index (χ4n) is 1.94. The molecule has 0 radical (unpaired) electrons. The van der Waals surface area contributed by atoms with E-state index in [1.54, 1.807) is 25.1 Å². The summed E-state index contributed by atoms with van der Waals surface area (Å²) in [6.45, 7) is 1.81. The molecule has 2 aromatic rings. The summed E-state index contributed by atoms with van der Waals surface area (Å²) in [6, 6.07) is 9.27. The number of anilines is 2. The summed E-state index contributed by atoms with van der Waals surface area (Å²) in [6.07, 6.45) is 0. The van der Waals surface area contributed by atoms with Crippen LogP contribution in [0.15, 0.2) is 36.4 Å². The number of hydrazine groups is 1. The van der Waals surface area contributed by atoms with E-state index in [0.717, 1.165) is 5.56 Å². The molecule has 2 rings (SSSR count). The predicted molar refractivity (Wildman–Crippen MR) is 79.9 cm³/mol. The number of amides is 1. The zero-order valence-corrected chi connectivity index (χ0v) is 11.7. The molecule has 6 heteroatoms. The molecule has 0 aromatic heterocycles. The van der Waals surface area contributed by atoms with Gasteiger partial charge in [0.05, 0.1) is 7.11 Å². The molecule has 110 valence electrons. The molecule has 0 unspecified atom stereocenters. The van der Waals surface area contributed by atoms with Gasteiger partial charge in [-0.3, -0.25) is 10.6 Å². The second kappa shape index (κ2) is 6.23. The van der Waals surface area contributed by atoms with Crippen molar-refractivity contribution < 1.29 is 13.9 Å². The minimum atomic E-state index is -0.481. The average molecular weight is 289 g/mol. The molecular formula is C15H16FN3O2. The maximum atomic E-state index is 13.3. The van der Waals surface area contributed by atoms with E-state index < -0.39 is 5.82 Å². The molecule has 1 amide bonds. The van der Waals surface area contributed by atoms with E-state index in [4.69, 9.17) is 10.6 Å². The highest BCUT2D eigenvalue weighted by Crippen LogP contribution is 2.22. The van der Waals surface area contributed by atoms with Crippen molar-refractivity contribution in [2.45, 2.75) is 6.92 Å². The largest absolute Gasteiger partial charge is 0.494 e. The number of aryl methyl sites for hydroxylation is 1. The Morgan fingerprint density at radius 3 is 2.52 bits per heavy atom. The van der Waals surface area contributed by atoms with E-state index in [9.17, 15) is 9.18 Å². The van der Waals surface area contributed by atoms with Gasteiger partial charge in [-0.15, -0.1) is 0 Å². The first-order valence-electron chi connectivity index (χ1n) is 6.27. The first-order chi connectivity index (χ1) is 10.0. The molecule has 0 atom stereocenters. The van der Waals surface area contributed by atoms with Crippen LogP contribution in [0.25, 0.3) is 0 Å². The van der Waals surface area contributed by atoms with Gasteiger partial charge in [-0.05, 0) is 42.8 Å². The van der Waals surface area contributed by atoms with Gasteiger partial charge >= 0.3 is 0 Å². The van der Waals surface area contributed by atoms with E-state index in [1.165, 1.54) is 25.3 Å². The molecule has 21 heavy (non-hydrogen) atoms. The van der Waals surface area contributed by atoms with Crippen LogP contribution < -0.4 is 21.3 Å². The van der Waals surface area contributed by atoms with Crippen molar-refractivity contribution >= 4 is 17.3 Å². The molecular weight excluding hydrogens is 273 g/mol. The Labute approximate surface area is 121 Å². The van der Waals surface area contributed by atoms with E-state index in [0.29, 0.717) is 16.9 Å².